The van der Waals surface area contributed by atoms with Gasteiger partial charge < -0.3 is 14.1 Å². The molecule has 1 fully saturated rings. The van der Waals surface area contributed by atoms with Crippen LogP contribution in [-0.4, -0.2) is 54.2 Å². The summed E-state index contributed by atoms with van der Waals surface area (Å²) in [5, 5.41) is 0.512. The zero-order valence-corrected chi connectivity index (χ0v) is 18.0. The molecule has 0 amide bonds. The Bertz CT molecular complexity index is 1100. The highest BCUT2D eigenvalue weighted by molar-refractivity contribution is 5.84. The zero-order valence-electron chi connectivity index (χ0n) is 18.0. The number of benzene rings is 1. The standard InChI is InChI=1S/C23H28N4O3/c1-5-16-13-17(29-4)14-19-20(16)23(28)30-22(25-19)18-7-6-8-24-21(18)27-11-9-26(10-12-27)15(2)3/h6-8,13-15H,5,9-12H2,1-4H3. The average Bonchev–Trinajstić information content (AvgIpc) is 2.78. The maximum absolute atomic E-state index is 12.9. The van der Waals surface area contributed by atoms with Crippen LogP contribution in [-0.2, 0) is 6.42 Å². The van der Waals surface area contributed by atoms with Crippen LogP contribution in [0.3, 0.4) is 0 Å². The second-order valence-corrected chi connectivity index (χ2v) is 7.83. The van der Waals surface area contributed by atoms with Gasteiger partial charge in [-0.1, -0.05) is 6.92 Å². The van der Waals surface area contributed by atoms with Gasteiger partial charge in [-0.3, -0.25) is 4.90 Å². The smallest absolute Gasteiger partial charge is 0.347 e. The molecule has 7 heteroatoms. The zero-order chi connectivity index (χ0) is 21.3. The fraction of sp³-hybridized carbons (Fsp3) is 0.435. The number of nitrogens with zero attached hydrogens (tertiary/aromatic N) is 4. The molecule has 2 aromatic heterocycles. The van der Waals surface area contributed by atoms with Crippen molar-refractivity contribution in [1.82, 2.24) is 14.9 Å². The maximum Gasteiger partial charge on any atom is 0.347 e. The van der Waals surface area contributed by atoms with Crippen LogP contribution in [0.25, 0.3) is 22.4 Å². The molecule has 7 nitrogen and oxygen atoms in total. The fourth-order valence-electron chi connectivity index (χ4n) is 4.03. The molecule has 0 spiro atoms. The summed E-state index contributed by atoms with van der Waals surface area (Å²) in [6.07, 6.45) is 2.46. The molecule has 0 saturated carbocycles. The summed E-state index contributed by atoms with van der Waals surface area (Å²) >= 11 is 0. The summed E-state index contributed by atoms with van der Waals surface area (Å²) < 4.78 is 11.1. The van der Waals surface area contributed by atoms with Gasteiger partial charge in [-0.15, -0.1) is 0 Å². The fourth-order valence-corrected chi connectivity index (χ4v) is 4.03. The Morgan fingerprint density at radius 2 is 1.97 bits per heavy atom. The number of hydrogen-bond acceptors (Lipinski definition) is 7. The summed E-state index contributed by atoms with van der Waals surface area (Å²) in [7, 11) is 1.61. The van der Waals surface area contributed by atoms with Crippen molar-refractivity contribution in [2.75, 3.05) is 38.2 Å². The lowest BCUT2D eigenvalue weighted by Crippen LogP contribution is -2.49. The molecule has 3 heterocycles. The van der Waals surface area contributed by atoms with Crippen LogP contribution >= 0.6 is 0 Å². The minimum absolute atomic E-state index is 0.289. The first-order chi connectivity index (χ1) is 14.5. The molecule has 0 unspecified atom stereocenters. The van der Waals surface area contributed by atoms with Gasteiger partial charge in [0.1, 0.15) is 11.6 Å². The third-order valence-corrected chi connectivity index (χ3v) is 5.77. The highest BCUT2D eigenvalue weighted by Crippen LogP contribution is 2.30. The van der Waals surface area contributed by atoms with Crippen LogP contribution in [0, 0.1) is 0 Å². The number of hydrogen-bond donors (Lipinski definition) is 0. The van der Waals surface area contributed by atoms with E-state index in [0.717, 1.165) is 43.1 Å². The molecule has 1 aliphatic heterocycles. The number of rotatable bonds is 5. The van der Waals surface area contributed by atoms with Crippen molar-refractivity contribution in [2.45, 2.75) is 33.2 Å². The van der Waals surface area contributed by atoms with Gasteiger partial charge >= 0.3 is 5.63 Å². The number of aryl methyl sites for hydroxylation is 1. The van der Waals surface area contributed by atoms with Crippen molar-refractivity contribution < 1.29 is 9.15 Å². The molecular weight excluding hydrogens is 380 g/mol. The van der Waals surface area contributed by atoms with Crippen molar-refractivity contribution >= 4 is 16.7 Å². The second-order valence-electron chi connectivity index (χ2n) is 7.83. The van der Waals surface area contributed by atoms with E-state index in [1.54, 1.807) is 19.4 Å². The molecule has 0 N–H and O–H groups in total. The quantitative estimate of drug-likeness (QED) is 0.641. The topological polar surface area (TPSA) is 71.7 Å². The molecule has 0 aliphatic carbocycles. The Morgan fingerprint density at radius 3 is 2.63 bits per heavy atom. The largest absolute Gasteiger partial charge is 0.497 e. The van der Waals surface area contributed by atoms with Gasteiger partial charge in [0.05, 0.1) is 23.6 Å². The summed E-state index contributed by atoms with van der Waals surface area (Å²) in [6.45, 7) is 10.1. The van der Waals surface area contributed by atoms with E-state index in [1.165, 1.54) is 0 Å². The van der Waals surface area contributed by atoms with Crippen LogP contribution in [0.2, 0.25) is 0 Å². The van der Waals surface area contributed by atoms with E-state index in [9.17, 15) is 4.79 Å². The summed E-state index contributed by atoms with van der Waals surface area (Å²) in [5.41, 5.74) is 1.80. The molecule has 3 aromatic rings. The molecule has 0 atom stereocenters. The third-order valence-electron chi connectivity index (χ3n) is 5.77. The normalized spacial score (nSPS) is 15.2. The lowest BCUT2D eigenvalue weighted by Gasteiger charge is -2.37. The highest BCUT2D eigenvalue weighted by Gasteiger charge is 2.24. The van der Waals surface area contributed by atoms with Crippen LogP contribution in [0.4, 0.5) is 5.82 Å². The van der Waals surface area contributed by atoms with E-state index in [0.29, 0.717) is 29.1 Å². The molecule has 158 valence electrons. The Labute approximate surface area is 176 Å². The number of pyridine rings is 1. The number of piperazine rings is 1. The van der Waals surface area contributed by atoms with Gasteiger partial charge in [-0.05, 0) is 44.0 Å². The first-order valence-electron chi connectivity index (χ1n) is 10.5. The number of ether oxygens (including phenoxy) is 1. The predicted molar refractivity (Wildman–Crippen MR) is 118 cm³/mol. The molecule has 30 heavy (non-hydrogen) atoms. The van der Waals surface area contributed by atoms with E-state index in [2.05, 4.69) is 28.6 Å². The SMILES string of the molecule is CCc1cc(OC)cc2nc(-c3cccnc3N3CCN(C(C)C)CC3)oc(=O)c12. The maximum atomic E-state index is 12.9. The van der Waals surface area contributed by atoms with Crippen LogP contribution in [0.15, 0.2) is 39.7 Å². The van der Waals surface area contributed by atoms with Crippen LogP contribution < -0.4 is 15.3 Å². The average molecular weight is 409 g/mol. The minimum atomic E-state index is -0.381. The lowest BCUT2D eigenvalue weighted by molar-refractivity contribution is 0.209. The lowest BCUT2D eigenvalue weighted by atomic mass is 10.1. The van der Waals surface area contributed by atoms with E-state index < -0.39 is 0 Å². The van der Waals surface area contributed by atoms with E-state index in [-0.39, 0.29) is 11.5 Å². The number of anilines is 1. The Kier molecular flexibility index (Phi) is 5.72. The summed E-state index contributed by atoms with van der Waals surface area (Å²) in [5.74, 6) is 1.77. The van der Waals surface area contributed by atoms with Crippen molar-refractivity contribution in [3.8, 4) is 17.2 Å². The molecule has 1 aliphatic rings. The van der Waals surface area contributed by atoms with Crippen molar-refractivity contribution in [1.29, 1.82) is 0 Å². The summed E-state index contributed by atoms with van der Waals surface area (Å²) in [6, 6.07) is 7.93. The summed E-state index contributed by atoms with van der Waals surface area (Å²) in [4.78, 5) is 26.9. The number of fused-ring (bicyclic) bond motifs is 1. The van der Waals surface area contributed by atoms with Crippen LogP contribution in [0.1, 0.15) is 26.3 Å². The minimum Gasteiger partial charge on any atom is -0.497 e. The number of methoxy groups -OCH3 is 1. The highest BCUT2D eigenvalue weighted by atomic mass is 16.5. The van der Waals surface area contributed by atoms with E-state index in [1.807, 2.05) is 25.1 Å². The first kappa shape index (κ1) is 20.3. The molecule has 0 radical (unpaired) electrons. The van der Waals surface area contributed by atoms with E-state index in [4.69, 9.17) is 14.1 Å². The van der Waals surface area contributed by atoms with E-state index >= 15 is 0 Å². The van der Waals surface area contributed by atoms with Crippen molar-refractivity contribution in [2.24, 2.45) is 0 Å². The van der Waals surface area contributed by atoms with Crippen LogP contribution in [0.5, 0.6) is 5.75 Å². The van der Waals surface area contributed by atoms with Gasteiger partial charge in [-0.25, -0.2) is 14.8 Å². The van der Waals surface area contributed by atoms with Gasteiger partial charge in [0, 0.05) is 44.5 Å². The Balaban J connectivity index is 1.77. The molecule has 0 bridgehead atoms. The molecule has 1 aromatic carbocycles. The van der Waals surface area contributed by atoms with Gasteiger partial charge in [0.15, 0.2) is 0 Å². The predicted octanol–water partition coefficient (Wildman–Crippen LogP) is 3.35. The first-order valence-corrected chi connectivity index (χ1v) is 10.5. The second kappa shape index (κ2) is 8.44. The van der Waals surface area contributed by atoms with Gasteiger partial charge in [0.2, 0.25) is 5.89 Å². The van der Waals surface area contributed by atoms with Crippen molar-refractivity contribution in [3.63, 3.8) is 0 Å². The number of aromatic nitrogens is 2. The molecular formula is C23H28N4O3. The Hall–Kier alpha value is -2.93. The monoisotopic (exact) mass is 408 g/mol. The third kappa shape index (κ3) is 3.77. The molecule has 1 saturated heterocycles. The van der Waals surface area contributed by atoms with Crippen molar-refractivity contribution in [3.05, 3.63) is 46.4 Å². The molecule has 4 rings (SSSR count). The van der Waals surface area contributed by atoms with Gasteiger partial charge in [0.25, 0.3) is 0 Å². The van der Waals surface area contributed by atoms with Gasteiger partial charge in [-0.2, -0.15) is 0 Å². The Morgan fingerprint density at radius 1 is 1.20 bits per heavy atom.